The molecule has 1 aliphatic carbocycles. The van der Waals surface area contributed by atoms with Crippen LogP contribution in [0.3, 0.4) is 0 Å². The van der Waals surface area contributed by atoms with E-state index in [1.165, 1.54) is 0 Å². The van der Waals surface area contributed by atoms with E-state index in [0.717, 1.165) is 25.3 Å². The lowest BCUT2D eigenvalue weighted by Gasteiger charge is -2.27. The van der Waals surface area contributed by atoms with Crippen molar-refractivity contribution < 1.29 is 23.1 Å². The highest BCUT2D eigenvalue weighted by Gasteiger charge is 2.36. The molecule has 1 aromatic carbocycles. The third-order valence-electron chi connectivity index (χ3n) is 3.90. The smallest absolute Gasteiger partial charge is 0.345 e. The van der Waals surface area contributed by atoms with Crippen LogP contribution >= 0.6 is 11.6 Å². The Morgan fingerprint density at radius 2 is 2.00 bits per heavy atom. The monoisotopic (exact) mass is 378 g/mol. The summed E-state index contributed by atoms with van der Waals surface area (Å²) in [6.45, 7) is -0.0171. The average molecular weight is 379 g/mol. The minimum absolute atomic E-state index is 0.0171. The van der Waals surface area contributed by atoms with Crippen LogP contribution in [-0.4, -0.2) is 24.7 Å². The van der Waals surface area contributed by atoms with Crippen molar-refractivity contribution in [2.45, 2.75) is 6.54 Å². The summed E-state index contributed by atoms with van der Waals surface area (Å²) in [5, 5.41) is 3.18. The van der Waals surface area contributed by atoms with Crippen LogP contribution in [0.15, 0.2) is 57.7 Å². The third kappa shape index (κ3) is 3.43. The van der Waals surface area contributed by atoms with Crippen LogP contribution in [0.4, 0.5) is 8.78 Å². The number of carbonyl (C=O) groups excluding carboxylic acids is 2. The molecular formula is C18H13ClF2N2O3. The van der Waals surface area contributed by atoms with Crippen LogP contribution in [0.1, 0.15) is 5.56 Å². The molecule has 0 radical (unpaired) electrons. The first kappa shape index (κ1) is 18.0. The molecule has 1 atom stereocenters. The summed E-state index contributed by atoms with van der Waals surface area (Å²) in [5.41, 5.74) is 0.546. The fourth-order valence-corrected chi connectivity index (χ4v) is 3.01. The molecule has 1 unspecified atom stereocenters. The second kappa shape index (κ2) is 7.21. The SMILES string of the molecule is COC(=O)C1=C(NCc2cc(F)cc(F)c2)C2C=CC=C(Cl)C2=NC1=O. The largest absolute Gasteiger partial charge is 0.465 e. The summed E-state index contributed by atoms with van der Waals surface area (Å²) in [6, 6.07) is 3.06. The molecule has 1 N–H and O–H groups in total. The number of methoxy groups -OCH3 is 1. The number of esters is 1. The van der Waals surface area contributed by atoms with Crippen molar-refractivity contribution in [3.63, 3.8) is 0 Å². The highest BCUT2D eigenvalue weighted by Crippen LogP contribution is 2.31. The Labute approximate surface area is 152 Å². The first-order chi connectivity index (χ1) is 12.4. The number of nitrogens with one attached hydrogen (secondary N) is 1. The fourth-order valence-electron chi connectivity index (χ4n) is 2.78. The number of aliphatic imine (C=N–C) groups is 1. The van der Waals surface area contributed by atoms with Crippen LogP contribution in [0.2, 0.25) is 0 Å². The molecule has 26 heavy (non-hydrogen) atoms. The molecule has 1 amide bonds. The maximum absolute atomic E-state index is 13.4. The molecular weight excluding hydrogens is 366 g/mol. The van der Waals surface area contributed by atoms with Crippen LogP contribution in [0.25, 0.3) is 0 Å². The summed E-state index contributed by atoms with van der Waals surface area (Å²) >= 11 is 6.10. The van der Waals surface area contributed by atoms with Gasteiger partial charge in [0.2, 0.25) is 0 Å². The number of hydrogen-bond acceptors (Lipinski definition) is 4. The van der Waals surface area contributed by atoms with E-state index in [9.17, 15) is 18.4 Å². The molecule has 0 saturated carbocycles. The number of dihydropyridines is 1. The van der Waals surface area contributed by atoms with Gasteiger partial charge in [0.1, 0.15) is 17.2 Å². The topological polar surface area (TPSA) is 67.8 Å². The molecule has 1 aliphatic heterocycles. The van der Waals surface area contributed by atoms with Crippen LogP contribution in [0, 0.1) is 17.6 Å². The van der Waals surface area contributed by atoms with E-state index in [0.29, 0.717) is 11.3 Å². The number of amides is 1. The van der Waals surface area contributed by atoms with Gasteiger partial charge in [0.25, 0.3) is 5.91 Å². The molecule has 1 aromatic rings. The number of hydrogen-bond donors (Lipinski definition) is 1. The van der Waals surface area contributed by atoms with Crippen molar-refractivity contribution in [2.75, 3.05) is 7.11 Å². The number of carbonyl (C=O) groups is 2. The molecule has 3 rings (SSSR count). The quantitative estimate of drug-likeness (QED) is 0.646. The van der Waals surface area contributed by atoms with Gasteiger partial charge in [-0.2, -0.15) is 0 Å². The van der Waals surface area contributed by atoms with Gasteiger partial charge in [0.15, 0.2) is 0 Å². The normalized spacial score (nSPS) is 18.9. The van der Waals surface area contributed by atoms with Crippen LogP contribution in [-0.2, 0) is 20.9 Å². The summed E-state index contributed by atoms with van der Waals surface area (Å²) < 4.78 is 31.4. The second-order valence-electron chi connectivity index (χ2n) is 5.59. The highest BCUT2D eigenvalue weighted by molar-refractivity contribution is 6.46. The Morgan fingerprint density at radius 3 is 2.65 bits per heavy atom. The molecule has 134 valence electrons. The highest BCUT2D eigenvalue weighted by atomic mass is 35.5. The zero-order valence-corrected chi connectivity index (χ0v) is 14.3. The van der Waals surface area contributed by atoms with Gasteiger partial charge in [-0.15, -0.1) is 0 Å². The Balaban J connectivity index is 1.98. The summed E-state index contributed by atoms with van der Waals surface area (Å²) in [6.07, 6.45) is 4.95. The maximum atomic E-state index is 13.4. The fraction of sp³-hybridized carbons (Fsp3) is 0.167. The summed E-state index contributed by atoms with van der Waals surface area (Å²) in [4.78, 5) is 28.2. The predicted octanol–water partition coefficient (Wildman–Crippen LogP) is 2.77. The molecule has 8 heteroatoms. The van der Waals surface area contributed by atoms with Crippen molar-refractivity contribution in [1.29, 1.82) is 0 Å². The van der Waals surface area contributed by atoms with E-state index in [2.05, 4.69) is 15.0 Å². The van der Waals surface area contributed by atoms with Crippen molar-refractivity contribution in [1.82, 2.24) is 5.32 Å². The standard InChI is InChI=1S/C18H13ClF2N2O3/c1-26-18(25)14-16(22-8-9-5-10(20)7-11(21)6-9)12-3-2-4-13(19)15(12)23-17(14)24/h2-7,12,22H,8H2,1H3. The maximum Gasteiger partial charge on any atom is 0.345 e. The molecule has 0 spiro atoms. The van der Waals surface area contributed by atoms with Crippen molar-refractivity contribution in [3.05, 3.63) is 69.9 Å². The predicted molar refractivity (Wildman–Crippen MR) is 91.2 cm³/mol. The number of benzene rings is 1. The molecule has 2 aliphatic rings. The van der Waals surface area contributed by atoms with E-state index >= 15 is 0 Å². The average Bonchev–Trinajstić information content (AvgIpc) is 2.59. The molecule has 0 aromatic heterocycles. The zero-order chi connectivity index (χ0) is 18.8. The number of fused-ring (bicyclic) bond motifs is 1. The third-order valence-corrected chi connectivity index (χ3v) is 4.22. The van der Waals surface area contributed by atoms with Crippen LogP contribution < -0.4 is 5.32 Å². The summed E-state index contributed by atoms with van der Waals surface area (Å²) in [5.74, 6) is -3.68. The van der Waals surface area contributed by atoms with Gasteiger partial charge in [-0.05, 0) is 23.8 Å². The number of nitrogens with zero attached hydrogens (tertiary/aromatic N) is 1. The Morgan fingerprint density at radius 1 is 1.31 bits per heavy atom. The van der Waals surface area contributed by atoms with Gasteiger partial charge in [-0.1, -0.05) is 23.8 Å². The Kier molecular flexibility index (Phi) is 4.99. The lowest BCUT2D eigenvalue weighted by molar-refractivity contribution is -0.137. The van der Waals surface area contributed by atoms with E-state index < -0.39 is 29.4 Å². The lowest BCUT2D eigenvalue weighted by atomic mass is 9.88. The van der Waals surface area contributed by atoms with Crippen molar-refractivity contribution >= 4 is 29.2 Å². The van der Waals surface area contributed by atoms with Gasteiger partial charge in [-0.3, -0.25) is 4.79 Å². The van der Waals surface area contributed by atoms with E-state index in [1.807, 2.05) is 0 Å². The number of allylic oxidation sites excluding steroid dienone is 4. The minimum Gasteiger partial charge on any atom is -0.465 e. The molecule has 5 nitrogen and oxygen atoms in total. The van der Waals surface area contributed by atoms with Gasteiger partial charge in [0.05, 0.1) is 23.8 Å². The first-order valence-electron chi connectivity index (χ1n) is 7.59. The lowest BCUT2D eigenvalue weighted by Crippen LogP contribution is -2.36. The molecule has 1 heterocycles. The van der Waals surface area contributed by atoms with Crippen molar-refractivity contribution in [2.24, 2.45) is 10.9 Å². The van der Waals surface area contributed by atoms with Gasteiger partial charge in [-0.25, -0.2) is 18.6 Å². The summed E-state index contributed by atoms with van der Waals surface area (Å²) in [7, 11) is 1.14. The first-order valence-corrected chi connectivity index (χ1v) is 7.97. The second-order valence-corrected chi connectivity index (χ2v) is 6.00. The Hall–Kier alpha value is -2.80. The van der Waals surface area contributed by atoms with Gasteiger partial charge in [0, 0.05) is 18.3 Å². The van der Waals surface area contributed by atoms with Crippen LogP contribution in [0.5, 0.6) is 0 Å². The zero-order valence-electron chi connectivity index (χ0n) is 13.6. The number of halogens is 3. The van der Waals surface area contributed by atoms with Crippen molar-refractivity contribution in [3.8, 4) is 0 Å². The number of rotatable bonds is 4. The van der Waals surface area contributed by atoms with E-state index in [1.54, 1.807) is 18.2 Å². The van der Waals surface area contributed by atoms with E-state index in [-0.39, 0.29) is 22.8 Å². The van der Waals surface area contributed by atoms with Gasteiger partial charge < -0.3 is 10.1 Å². The molecule has 0 bridgehead atoms. The minimum atomic E-state index is -0.857. The molecule has 0 saturated heterocycles. The number of ether oxygens (including phenoxy) is 1. The Bertz CT molecular complexity index is 899. The van der Waals surface area contributed by atoms with E-state index in [4.69, 9.17) is 11.6 Å². The van der Waals surface area contributed by atoms with Gasteiger partial charge >= 0.3 is 5.97 Å². The molecule has 0 fully saturated rings.